The fraction of sp³-hybridized carbons (Fsp3) is 0.457. The summed E-state index contributed by atoms with van der Waals surface area (Å²) < 4.78 is 23.0. The number of methoxy groups -OCH3 is 2. The number of carbonyl (C=O) groups excluding carboxylic acids is 1. The molecular formula is C35H46N2O5. The maximum atomic E-state index is 13.8. The first-order chi connectivity index (χ1) is 20.3. The molecule has 2 atom stereocenters. The SMILES string of the molecule is COCCCOc1cc(C(=O)N(C[C@@H]2CNC[C@@H]2OCc2cccc(-c3cc(C)ccc3C)c2)C(C)C)ccc1OC. The van der Waals surface area contributed by atoms with Gasteiger partial charge in [0.05, 0.1) is 26.4 Å². The molecule has 0 aliphatic carbocycles. The molecular weight excluding hydrogens is 528 g/mol. The Balaban J connectivity index is 1.42. The molecule has 1 heterocycles. The number of nitrogens with zero attached hydrogens (tertiary/aromatic N) is 1. The van der Waals surface area contributed by atoms with Crippen molar-refractivity contribution in [3.8, 4) is 22.6 Å². The molecule has 226 valence electrons. The van der Waals surface area contributed by atoms with Gasteiger partial charge in [0.25, 0.3) is 5.91 Å². The van der Waals surface area contributed by atoms with E-state index in [9.17, 15) is 4.79 Å². The van der Waals surface area contributed by atoms with Crippen molar-refractivity contribution in [2.75, 3.05) is 47.1 Å². The molecule has 0 unspecified atom stereocenters. The monoisotopic (exact) mass is 574 g/mol. The lowest BCUT2D eigenvalue weighted by atomic mass is 9.97. The smallest absolute Gasteiger partial charge is 0.254 e. The summed E-state index contributed by atoms with van der Waals surface area (Å²) in [6.07, 6.45) is 0.765. The van der Waals surface area contributed by atoms with Crippen molar-refractivity contribution >= 4 is 5.91 Å². The van der Waals surface area contributed by atoms with Crippen LogP contribution in [0, 0.1) is 19.8 Å². The highest BCUT2D eigenvalue weighted by Crippen LogP contribution is 2.30. The predicted molar refractivity (Wildman–Crippen MR) is 167 cm³/mol. The Morgan fingerprint density at radius 2 is 1.81 bits per heavy atom. The molecule has 0 radical (unpaired) electrons. The summed E-state index contributed by atoms with van der Waals surface area (Å²) in [5.41, 5.74) is 6.70. The zero-order chi connectivity index (χ0) is 30.1. The van der Waals surface area contributed by atoms with Crippen LogP contribution in [-0.2, 0) is 16.1 Å². The van der Waals surface area contributed by atoms with E-state index in [1.807, 2.05) is 11.0 Å². The summed E-state index contributed by atoms with van der Waals surface area (Å²) in [7, 11) is 3.27. The Hall–Kier alpha value is -3.39. The molecule has 0 aromatic heterocycles. The van der Waals surface area contributed by atoms with Gasteiger partial charge in [0.15, 0.2) is 11.5 Å². The van der Waals surface area contributed by atoms with E-state index in [4.69, 9.17) is 18.9 Å². The maximum Gasteiger partial charge on any atom is 0.254 e. The number of carbonyl (C=O) groups is 1. The molecule has 42 heavy (non-hydrogen) atoms. The first-order valence-electron chi connectivity index (χ1n) is 14.9. The van der Waals surface area contributed by atoms with Gasteiger partial charge in [0, 0.05) is 57.3 Å². The van der Waals surface area contributed by atoms with Gasteiger partial charge in [-0.1, -0.05) is 42.0 Å². The lowest BCUT2D eigenvalue weighted by molar-refractivity contribution is 0.0129. The summed E-state index contributed by atoms with van der Waals surface area (Å²) in [5.74, 6) is 1.33. The van der Waals surface area contributed by atoms with Crippen molar-refractivity contribution in [3.05, 3.63) is 82.9 Å². The van der Waals surface area contributed by atoms with Crippen molar-refractivity contribution in [2.45, 2.75) is 52.9 Å². The molecule has 7 heteroatoms. The van der Waals surface area contributed by atoms with Crippen LogP contribution in [0.3, 0.4) is 0 Å². The molecule has 7 nitrogen and oxygen atoms in total. The average Bonchev–Trinajstić information content (AvgIpc) is 3.44. The van der Waals surface area contributed by atoms with E-state index in [-0.39, 0.29) is 24.0 Å². The number of hydrogen-bond donors (Lipinski definition) is 1. The molecule has 3 aromatic carbocycles. The van der Waals surface area contributed by atoms with Crippen LogP contribution in [0.1, 0.15) is 47.3 Å². The van der Waals surface area contributed by atoms with Crippen molar-refractivity contribution in [1.82, 2.24) is 10.2 Å². The van der Waals surface area contributed by atoms with E-state index in [1.54, 1.807) is 26.4 Å². The molecule has 1 fully saturated rings. The summed E-state index contributed by atoms with van der Waals surface area (Å²) >= 11 is 0. The minimum Gasteiger partial charge on any atom is -0.493 e. The highest BCUT2D eigenvalue weighted by atomic mass is 16.5. The van der Waals surface area contributed by atoms with Crippen molar-refractivity contribution in [3.63, 3.8) is 0 Å². The number of ether oxygens (including phenoxy) is 4. The topological polar surface area (TPSA) is 69.3 Å². The molecule has 1 N–H and O–H groups in total. The predicted octanol–water partition coefficient (Wildman–Crippen LogP) is 6.05. The summed E-state index contributed by atoms with van der Waals surface area (Å²) in [6.45, 7) is 12.2. The van der Waals surface area contributed by atoms with Crippen molar-refractivity contribution < 1.29 is 23.7 Å². The van der Waals surface area contributed by atoms with Gasteiger partial charge in [0.1, 0.15) is 0 Å². The van der Waals surface area contributed by atoms with Gasteiger partial charge in [-0.3, -0.25) is 4.79 Å². The second kappa shape index (κ2) is 15.2. The Bertz CT molecular complexity index is 1320. The summed E-state index contributed by atoms with van der Waals surface area (Å²) in [4.78, 5) is 15.7. The third-order valence-electron chi connectivity index (χ3n) is 7.85. The zero-order valence-electron chi connectivity index (χ0n) is 25.9. The van der Waals surface area contributed by atoms with Crippen LogP contribution in [0.5, 0.6) is 11.5 Å². The fourth-order valence-corrected chi connectivity index (χ4v) is 5.42. The van der Waals surface area contributed by atoms with Crippen LogP contribution in [0.2, 0.25) is 0 Å². The van der Waals surface area contributed by atoms with Crippen molar-refractivity contribution in [1.29, 1.82) is 0 Å². The van der Waals surface area contributed by atoms with E-state index in [0.29, 0.717) is 43.4 Å². The maximum absolute atomic E-state index is 13.8. The van der Waals surface area contributed by atoms with Gasteiger partial charge in [-0.15, -0.1) is 0 Å². The first kappa shape index (κ1) is 31.5. The second-order valence-electron chi connectivity index (χ2n) is 11.4. The number of hydrogen-bond acceptors (Lipinski definition) is 6. The lowest BCUT2D eigenvalue weighted by Crippen LogP contribution is -2.43. The molecule has 0 saturated carbocycles. The van der Waals surface area contributed by atoms with Crippen molar-refractivity contribution in [2.24, 2.45) is 5.92 Å². The van der Waals surface area contributed by atoms with Gasteiger partial charge in [0.2, 0.25) is 0 Å². The van der Waals surface area contributed by atoms with Crippen LogP contribution in [-0.4, -0.2) is 70.0 Å². The third kappa shape index (κ3) is 8.12. The highest BCUT2D eigenvalue weighted by molar-refractivity contribution is 5.95. The molecule has 1 saturated heterocycles. The fourth-order valence-electron chi connectivity index (χ4n) is 5.42. The minimum atomic E-state index is -0.0266. The Morgan fingerprint density at radius 1 is 0.976 bits per heavy atom. The van der Waals surface area contributed by atoms with E-state index in [1.165, 1.54) is 22.3 Å². The highest BCUT2D eigenvalue weighted by Gasteiger charge is 2.32. The minimum absolute atomic E-state index is 0.0129. The molecule has 1 amide bonds. The number of aryl methyl sites for hydroxylation is 2. The number of rotatable bonds is 14. The van der Waals surface area contributed by atoms with Crippen LogP contribution in [0.4, 0.5) is 0 Å². The van der Waals surface area contributed by atoms with E-state index in [2.05, 4.69) is 75.5 Å². The number of nitrogens with one attached hydrogen (secondary N) is 1. The van der Waals surface area contributed by atoms with Gasteiger partial charge in [-0.2, -0.15) is 0 Å². The largest absolute Gasteiger partial charge is 0.493 e. The normalized spacial score (nSPS) is 16.5. The summed E-state index contributed by atoms with van der Waals surface area (Å²) in [6, 6.07) is 20.6. The number of benzene rings is 3. The van der Waals surface area contributed by atoms with Gasteiger partial charge in [-0.25, -0.2) is 0 Å². The molecule has 0 bridgehead atoms. The van der Waals surface area contributed by atoms with Gasteiger partial charge >= 0.3 is 0 Å². The molecule has 1 aliphatic rings. The molecule has 4 rings (SSSR count). The molecule has 0 spiro atoms. The van der Waals surface area contributed by atoms with Crippen LogP contribution >= 0.6 is 0 Å². The van der Waals surface area contributed by atoms with Crippen LogP contribution in [0.15, 0.2) is 60.7 Å². The Labute approximate surface area is 251 Å². The zero-order valence-corrected chi connectivity index (χ0v) is 25.9. The Morgan fingerprint density at radius 3 is 2.57 bits per heavy atom. The standard InChI is InChI=1S/C35H46N2O5/c1-24(2)37(35(38)29-13-14-32(40-6)33(19-29)41-16-8-15-39-5)22-30-20-36-21-34(30)42-23-27-9-7-10-28(18-27)31-17-25(3)11-12-26(31)4/h7,9-14,17-19,24,30,34,36H,8,15-16,20-23H2,1-6H3/t30-,34-/m0/s1. The quantitative estimate of drug-likeness (QED) is 0.237. The van der Waals surface area contributed by atoms with Gasteiger partial charge in [-0.05, 0) is 74.2 Å². The second-order valence-corrected chi connectivity index (χ2v) is 11.4. The van der Waals surface area contributed by atoms with E-state index >= 15 is 0 Å². The van der Waals surface area contributed by atoms with Crippen LogP contribution < -0.4 is 14.8 Å². The lowest BCUT2D eigenvalue weighted by Gasteiger charge is -2.31. The number of amides is 1. The first-order valence-corrected chi connectivity index (χ1v) is 14.9. The summed E-state index contributed by atoms with van der Waals surface area (Å²) in [5, 5.41) is 3.48. The average molecular weight is 575 g/mol. The van der Waals surface area contributed by atoms with E-state index < -0.39 is 0 Å². The Kier molecular flexibility index (Phi) is 11.4. The molecule has 1 aliphatic heterocycles. The van der Waals surface area contributed by atoms with Crippen LogP contribution in [0.25, 0.3) is 11.1 Å². The van der Waals surface area contributed by atoms with E-state index in [0.717, 1.165) is 25.1 Å². The van der Waals surface area contributed by atoms with Gasteiger partial charge < -0.3 is 29.2 Å². The third-order valence-corrected chi connectivity index (χ3v) is 7.85. The molecule has 3 aromatic rings.